The van der Waals surface area contributed by atoms with Crippen molar-refractivity contribution in [2.75, 3.05) is 14.2 Å². The van der Waals surface area contributed by atoms with Crippen molar-refractivity contribution >= 4 is 10.8 Å². The van der Waals surface area contributed by atoms with Crippen molar-refractivity contribution in [2.45, 2.75) is 49.7 Å². The second-order valence-electron chi connectivity index (χ2n) is 5.51. The van der Waals surface area contributed by atoms with Gasteiger partial charge in [-0.3, -0.25) is 4.21 Å². The van der Waals surface area contributed by atoms with Crippen LogP contribution in [0.3, 0.4) is 0 Å². The van der Waals surface area contributed by atoms with E-state index >= 15 is 0 Å². The Labute approximate surface area is 124 Å². The molecule has 1 aromatic rings. The summed E-state index contributed by atoms with van der Waals surface area (Å²) in [5, 5.41) is 3.62. The standard InChI is InChI=1S/C16H25NO2S/c1-12(17-2)13-8-9-16(19-3)14(10-13)11-20(18)15-6-4-5-7-15/h8-10,12,15,17H,4-7,11H2,1-3H3. The molecule has 1 aliphatic rings. The van der Waals surface area contributed by atoms with Crippen LogP contribution >= 0.6 is 0 Å². The van der Waals surface area contributed by atoms with Gasteiger partial charge in [0.2, 0.25) is 0 Å². The van der Waals surface area contributed by atoms with Crippen LogP contribution < -0.4 is 10.1 Å². The topological polar surface area (TPSA) is 38.3 Å². The summed E-state index contributed by atoms with van der Waals surface area (Å²) in [6.45, 7) is 2.12. The van der Waals surface area contributed by atoms with Crippen molar-refractivity contribution in [3.8, 4) is 5.75 Å². The van der Waals surface area contributed by atoms with Crippen LogP contribution in [0.2, 0.25) is 0 Å². The Hall–Kier alpha value is -0.870. The predicted molar refractivity (Wildman–Crippen MR) is 84.6 cm³/mol. The van der Waals surface area contributed by atoms with Crippen LogP contribution in [0.4, 0.5) is 0 Å². The second kappa shape index (κ2) is 7.23. The highest BCUT2D eigenvalue weighted by Crippen LogP contribution is 2.29. The molecule has 112 valence electrons. The molecule has 0 radical (unpaired) electrons. The lowest BCUT2D eigenvalue weighted by Crippen LogP contribution is -2.15. The minimum atomic E-state index is -0.782. The molecule has 0 spiro atoms. The van der Waals surface area contributed by atoms with Gasteiger partial charge in [-0.15, -0.1) is 0 Å². The average Bonchev–Trinajstić information content (AvgIpc) is 3.00. The fourth-order valence-corrected chi connectivity index (χ4v) is 4.40. The summed E-state index contributed by atoms with van der Waals surface area (Å²) < 4.78 is 17.9. The van der Waals surface area contributed by atoms with Gasteiger partial charge in [-0.1, -0.05) is 18.9 Å². The van der Waals surface area contributed by atoms with Gasteiger partial charge in [-0.25, -0.2) is 0 Å². The molecule has 3 nitrogen and oxygen atoms in total. The molecule has 0 aromatic heterocycles. The molecule has 0 amide bonds. The molecule has 0 saturated heterocycles. The first kappa shape index (κ1) is 15.5. The summed E-state index contributed by atoms with van der Waals surface area (Å²) in [6, 6.07) is 6.48. The molecule has 4 heteroatoms. The van der Waals surface area contributed by atoms with E-state index in [0.717, 1.165) is 24.2 Å². The predicted octanol–water partition coefficient (Wildman–Crippen LogP) is 3.17. The maximum absolute atomic E-state index is 12.5. The summed E-state index contributed by atoms with van der Waals surface area (Å²) >= 11 is 0. The minimum absolute atomic E-state index is 0.291. The highest BCUT2D eigenvalue weighted by atomic mass is 32.2. The van der Waals surface area contributed by atoms with Gasteiger partial charge >= 0.3 is 0 Å². The maximum Gasteiger partial charge on any atom is 0.123 e. The molecular formula is C16H25NO2S. The zero-order valence-electron chi connectivity index (χ0n) is 12.6. The third kappa shape index (κ3) is 3.61. The van der Waals surface area contributed by atoms with Gasteiger partial charge in [-0.2, -0.15) is 0 Å². The van der Waals surface area contributed by atoms with Crippen molar-refractivity contribution in [1.82, 2.24) is 5.32 Å². The Balaban J connectivity index is 2.17. The summed E-state index contributed by atoms with van der Waals surface area (Å²) in [4.78, 5) is 0. The van der Waals surface area contributed by atoms with Crippen molar-refractivity contribution in [3.05, 3.63) is 29.3 Å². The van der Waals surface area contributed by atoms with Crippen LogP contribution in [-0.2, 0) is 16.6 Å². The van der Waals surface area contributed by atoms with Gasteiger partial charge in [0.1, 0.15) is 5.75 Å². The highest BCUT2D eigenvalue weighted by molar-refractivity contribution is 7.84. The number of rotatable bonds is 6. The molecule has 2 atom stereocenters. The van der Waals surface area contributed by atoms with E-state index in [1.807, 2.05) is 13.1 Å². The van der Waals surface area contributed by atoms with E-state index < -0.39 is 10.8 Å². The van der Waals surface area contributed by atoms with Gasteiger partial charge in [0.05, 0.1) is 12.9 Å². The molecule has 1 saturated carbocycles. The van der Waals surface area contributed by atoms with Gasteiger partial charge in [0, 0.05) is 27.7 Å². The smallest absolute Gasteiger partial charge is 0.123 e. The fourth-order valence-electron chi connectivity index (χ4n) is 2.77. The molecular weight excluding hydrogens is 270 g/mol. The van der Waals surface area contributed by atoms with Gasteiger partial charge in [-0.05, 0) is 44.5 Å². The quantitative estimate of drug-likeness (QED) is 0.876. The average molecular weight is 295 g/mol. The molecule has 1 aromatic carbocycles. The number of nitrogens with one attached hydrogen (secondary N) is 1. The largest absolute Gasteiger partial charge is 0.496 e. The Kier molecular flexibility index (Phi) is 5.61. The minimum Gasteiger partial charge on any atom is -0.496 e. The zero-order chi connectivity index (χ0) is 14.5. The summed E-state index contributed by atoms with van der Waals surface area (Å²) in [5.74, 6) is 1.46. The van der Waals surface area contributed by atoms with Crippen LogP contribution in [0.25, 0.3) is 0 Å². The van der Waals surface area contributed by atoms with E-state index in [-0.39, 0.29) is 0 Å². The SMILES string of the molecule is CNC(C)c1ccc(OC)c(CS(=O)C2CCCC2)c1. The van der Waals surface area contributed by atoms with E-state index in [0.29, 0.717) is 17.0 Å². The molecule has 1 fully saturated rings. The van der Waals surface area contributed by atoms with Crippen LogP contribution in [0.1, 0.15) is 49.8 Å². The number of benzene rings is 1. The van der Waals surface area contributed by atoms with Crippen LogP contribution in [0.5, 0.6) is 5.75 Å². The maximum atomic E-state index is 12.5. The Bertz CT molecular complexity index is 470. The molecule has 0 bridgehead atoms. The first-order valence-electron chi connectivity index (χ1n) is 7.37. The highest BCUT2D eigenvalue weighted by Gasteiger charge is 2.22. The zero-order valence-corrected chi connectivity index (χ0v) is 13.5. The van der Waals surface area contributed by atoms with Crippen molar-refractivity contribution in [3.63, 3.8) is 0 Å². The lowest BCUT2D eigenvalue weighted by atomic mass is 10.1. The van der Waals surface area contributed by atoms with E-state index in [4.69, 9.17) is 4.74 Å². The van der Waals surface area contributed by atoms with E-state index in [1.165, 1.54) is 18.4 Å². The van der Waals surface area contributed by atoms with Gasteiger partial charge in [0.25, 0.3) is 0 Å². The molecule has 0 aliphatic heterocycles. The molecule has 0 heterocycles. The van der Waals surface area contributed by atoms with Crippen molar-refractivity contribution in [2.24, 2.45) is 0 Å². The Morgan fingerprint density at radius 3 is 2.70 bits per heavy atom. The fraction of sp³-hybridized carbons (Fsp3) is 0.625. The first-order valence-corrected chi connectivity index (χ1v) is 8.75. The van der Waals surface area contributed by atoms with Crippen LogP contribution in [-0.4, -0.2) is 23.6 Å². The van der Waals surface area contributed by atoms with E-state index in [2.05, 4.69) is 24.4 Å². The monoisotopic (exact) mass is 295 g/mol. The first-order chi connectivity index (χ1) is 9.65. The molecule has 1 aliphatic carbocycles. The van der Waals surface area contributed by atoms with Gasteiger partial charge < -0.3 is 10.1 Å². The Morgan fingerprint density at radius 1 is 1.40 bits per heavy atom. The van der Waals surface area contributed by atoms with Crippen LogP contribution in [0, 0.1) is 0 Å². The number of methoxy groups -OCH3 is 1. The summed E-state index contributed by atoms with van der Waals surface area (Å²) in [7, 11) is 2.85. The summed E-state index contributed by atoms with van der Waals surface area (Å²) in [6.07, 6.45) is 4.68. The molecule has 2 unspecified atom stereocenters. The van der Waals surface area contributed by atoms with Crippen LogP contribution in [0.15, 0.2) is 18.2 Å². The van der Waals surface area contributed by atoms with E-state index in [9.17, 15) is 4.21 Å². The van der Waals surface area contributed by atoms with E-state index in [1.54, 1.807) is 7.11 Å². The van der Waals surface area contributed by atoms with Gasteiger partial charge in [0.15, 0.2) is 0 Å². The van der Waals surface area contributed by atoms with Crippen molar-refractivity contribution < 1.29 is 8.95 Å². The number of hydrogen-bond donors (Lipinski definition) is 1. The lowest BCUT2D eigenvalue weighted by Gasteiger charge is -2.16. The third-order valence-corrected chi connectivity index (χ3v) is 6.02. The summed E-state index contributed by atoms with van der Waals surface area (Å²) in [5.41, 5.74) is 2.28. The molecule has 20 heavy (non-hydrogen) atoms. The van der Waals surface area contributed by atoms with Crippen molar-refractivity contribution in [1.29, 1.82) is 0 Å². The molecule has 2 rings (SSSR count). The Morgan fingerprint density at radius 2 is 2.10 bits per heavy atom. The second-order valence-corrected chi connectivity index (χ2v) is 7.23. The lowest BCUT2D eigenvalue weighted by molar-refractivity contribution is 0.410. The number of ether oxygens (including phenoxy) is 1. The number of hydrogen-bond acceptors (Lipinski definition) is 3. The molecule has 1 N–H and O–H groups in total. The normalized spacial score (nSPS) is 18.9. The third-order valence-electron chi connectivity index (χ3n) is 4.21.